The standard InChI is InChI=1S/C19H28N2O2/c1-2-21(14-15-8-11-23-12-9-15)19(22)18-6-4-3-5-17(18)16-7-10-20-13-16/h3-6,15-16,20H,2,7-14H2,1H3/t16-/m1/s1. The molecule has 23 heavy (non-hydrogen) atoms. The molecule has 1 amide bonds. The van der Waals surface area contributed by atoms with Crippen molar-refractivity contribution in [2.24, 2.45) is 5.92 Å². The molecule has 2 aliphatic rings. The molecule has 0 aromatic heterocycles. The number of hydrogen-bond donors (Lipinski definition) is 1. The zero-order chi connectivity index (χ0) is 16.1. The number of amides is 1. The first-order valence-electron chi connectivity index (χ1n) is 8.96. The summed E-state index contributed by atoms with van der Waals surface area (Å²) in [6.07, 6.45) is 3.26. The average Bonchev–Trinajstić information content (AvgIpc) is 3.14. The first-order chi connectivity index (χ1) is 11.3. The Labute approximate surface area is 139 Å². The summed E-state index contributed by atoms with van der Waals surface area (Å²) in [5, 5.41) is 3.41. The van der Waals surface area contributed by atoms with Gasteiger partial charge in [0.1, 0.15) is 0 Å². The van der Waals surface area contributed by atoms with Gasteiger partial charge in [0, 0.05) is 38.4 Å². The second kappa shape index (κ2) is 7.93. The SMILES string of the molecule is CCN(CC1CCOCC1)C(=O)c1ccccc1[C@@H]1CCNC1. The maximum absolute atomic E-state index is 13.1. The van der Waals surface area contributed by atoms with Crippen LogP contribution in [0.4, 0.5) is 0 Å². The van der Waals surface area contributed by atoms with Crippen molar-refractivity contribution in [2.75, 3.05) is 39.4 Å². The van der Waals surface area contributed by atoms with Crippen LogP contribution in [0.3, 0.4) is 0 Å². The highest BCUT2D eigenvalue weighted by atomic mass is 16.5. The number of carbonyl (C=O) groups excluding carboxylic acids is 1. The number of nitrogens with zero attached hydrogens (tertiary/aromatic N) is 1. The van der Waals surface area contributed by atoms with Gasteiger partial charge in [-0.3, -0.25) is 4.79 Å². The van der Waals surface area contributed by atoms with Gasteiger partial charge in [0.2, 0.25) is 0 Å². The van der Waals surface area contributed by atoms with E-state index in [-0.39, 0.29) is 5.91 Å². The first kappa shape index (κ1) is 16.5. The molecular weight excluding hydrogens is 288 g/mol. The summed E-state index contributed by atoms with van der Waals surface area (Å²) in [5.41, 5.74) is 2.11. The van der Waals surface area contributed by atoms with Gasteiger partial charge in [0.15, 0.2) is 0 Å². The molecule has 2 aliphatic heterocycles. The highest BCUT2D eigenvalue weighted by Gasteiger charge is 2.26. The van der Waals surface area contributed by atoms with Crippen molar-refractivity contribution < 1.29 is 9.53 Å². The molecule has 1 atom stereocenters. The van der Waals surface area contributed by atoms with Crippen LogP contribution in [0.5, 0.6) is 0 Å². The largest absolute Gasteiger partial charge is 0.381 e. The Balaban J connectivity index is 1.74. The first-order valence-corrected chi connectivity index (χ1v) is 8.96. The molecule has 4 nitrogen and oxygen atoms in total. The Kier molecular flexibility index (Phi) is 5.68. The minimum absolute atomic E-state index is 0.196. The van der Waals surface area contributed by atoms with Crippen LogP contribution >= 0.6 is 0 Å². The number of carbonyl (C=O) groups is 1. The van der Waals surface area contributed by atoms with Crippen LogP contribution in [0.25, 0.3) is 0 Å². The Bertz CT molecular complexity index is 520. The van der Waals surface area contributed by atoms with E-state index in [0.717, 1.165) is 64.2 Å². The number of ether oxygens (including phenoxy) is 1. The quantitative estimate of drug-likeness (QED) is 0.908. The highest BCUT2D eigenvalue weighted by molar-refractivity contribution is 5.96. The van der Waals surface area contributed by atoms with Crippen LogP contribution in [-0.4, -0.2) is 50.2 Å². The molecule has 0 radical (unpaired) electrons. The van der Waals surface area contributed by atoms with E-state index in [0.29, 0.717) is 11.8 Å². The molecule has 1 N–H and O–H groups in total. The topological polar surface area (TPSA) is 41.6 Å². The fourth-order valence-electron chi connectivity index (χ4n) is 3.73. The summed E-state index contributed by atoms with van der Waals surface area (Å²) < 4.78 is 5.44. The number of nitrogens with one attached hydrogen (secondary N) is 1. The van der Waals surface area contributed by atoms with Gasteiger partial charge in [-0.2, -0.15) is 0 Å². The number of benzene rings is 1. The highest BCUT2D eigenvalue weighted by Crippen LogP contribution is 2.27. The lowest BCUT2D eigenvalue weighted by atomic mass is 9.92. The van der Waals surface area contributed by atoms with E-state index in [1.165, 1.54) is 5.56 Å². The van der Waals surface area contributed by atoms with Crippen molar-refractivity contribution in [3.63, 3.8) is 0 Å². The predicted molar refractivity (Wildman–Crippen MR) is 91.8 cm³/mol. The van der Waals surface area contributed by atoms with Crippen molar-refractivity contribution in [1.29, 1.82) is 0 Å². The van der Waals surface area contributed by atoms with Gasteiger partial charge >= 0.3 is 0 Å². The molecule has 4 heteroatoms. The van der Waals surface area contributed by atoms with Crippen LogP contribution in [0, 0.1) is 5.92 Å². The van der Waals surface area contributed by atoms with Gasteiger partial charge in [-0.05, 0) is 56.2 Å². The lowest BCUT2D eigenvalue weighted by Gasteiger charge is -2.30. The molecule has 1 aromatic carbocycles. The molecule has 2 saturated heterocycles. The summed E-state index contributed by atoms with van der Waals surface area (Å²) in [6.45, 7) is 7.41. The van der Waals surface area contributed by atoms with Gasteiger partial charge in [0.05, 0.1) is 0 Å². The summed E-state index contributed by atoms with van der Waals surface area (Å²) >= 11 is 0. The zero-order valence-electron chi connectivity index (χ0n) is 14.1. The van der Waals surface area contributed by atoms with Crippen molar-refractivity contribution in [3.05, 3.63) is 35.4 Å². The van der Waals surface area contributed by atoms with Gasteiger partial charge in [-0.1, -0.05) is 18.2 Å². The Hall–Kier alpha value is -1.39. The van der Waals surface area contributed by atoms with Crippen LogP contribution in [0.1, 0.15) is 48.0 Å². The number of rotatable bonds is 5. The Morgan fingerprint density at radius 1 is 1.26 bits per heavy atom. The predicted octanol–water partition coefficient (Wildman–Crippen LogP) is 2.65. The second-order valence-corrected chi connectivity index (χ2v) is 6.68. The molecule has 0 saturated carbocycles. The van der Waals surface area contributed by atoms with Gasteiger partial charge in [-0.25, -0.2) is 0 Å². The van der Waals surface area contributed by atoms with Crippen molar-refractivity contribution in [2.45, 2.75) is 32.1 Å². The van der Waals surface area contributed by atoms with E-state index in [1.54, 1.807) is 0 Å². The fraction of sp³-hybridized carbons (Fsp3) is 0.632. The fourth-order valence-corrected chi connectivity index (χ4v) is 3.73. The molecular formula is C19H28N2O2. The maximum Gasteiger partial charge on any atom is 0.254 e. The van der Waals surface area contributed by atoms with Gasteiger partial charge in [0.25, 0.3) is 5.91 Å². The van der Waals surface area contributed by atoms with Crippen LogP contribution in [0.2, 0.25) is 0 Å². The van der Waals surface area contributed by atoms with E-state index in [1.807, 2.05) is 17.0 Å². The summed E-state index contributed by atoms with van der Waals surface area (Å²) in [7, 11) is 0. The van der Waals surface area contributed by atoms with Crippen LogP contribution in [-0.2, 0) is 4.74 Å². The molecule has 3 rings (SSSR count). The van der Waals surface area contributed by atoms with E-state index >= 15 is 0 Å². The summed E-state index contributed by atoms with van der Waals surface area (Å²) in [4.78, 5) is 15.1. The second-order valence-electron chi connectivity index (χ2n) is 6.68. The zero-order valence-corrected chi connectivity index (χ0v) is 14.1. The number of hydrogen-bond acceptors (Lipinski definition) is 3. The van der Waals surface area contributed by atoms with Gasteiger partial charge in [-0.15, -0.1) is 0 Å². The van der Waals surface area contributed by atoms with E-state index in [9.17, 15) is 4.79 Å². The minimum Gasteiger partial charge on any atom is -0.381 e. The summed E-state index contributed by atoms with van der Waals surface area (Å²) in [5.74, 6) is 1.24. The van der Waals surface area contributed by atoms with Gasteiger partial charge < -0.3 is 15.0 Å². The molecule has 2 fully saturated rings. The third kappa shape index (κ3) is 3.93. The maximum atomic E-state index is 13.1. The van der Waals surface area contributed by atoms with Crippen molar-refractivity contribution in [3.8, 4) is 0 Å². The molecule has 0 unspecified atom stereocenters. The molecule has 0 aliphatic carbocycles. The van der Waals surface area contributed by atoms with Crippen molar-refractivity contribution >= 4 is 5.91 Å². The smallest absolute Gasteiger partial charge is 0.254 e. The average molecular weight is 316 g/mol. The Morgan fingerprint density at radius 2 is 2.04 bits per heavy atom. The van der Waals surface area contributed by atoms with Crippen LogP contribution < -0.4 is 5.32 Å². The molecule has 0 bridgehead atoms. The Morgan fingerprint density at radius 3 is 2.74 bits per heavy atom. The normalized spacial score (nSPS) is 22.2. The minimum atomic E-state index is 0.196. The van der Waals surface area contributed by atoms with E-state index in [2.05, 4.69) is 24.4 Å². The molecule has 2 heterocycles. The van der Waals surface area contributed by atoms with E-state index < -0.39 is 0 Å². The monoisotopic (exact) mass is 316 g/mol. The lowest BCUT2D eigenvalue weighted by molar-refractivity contribution is 0.0466. The molecule has 0 spiro atoms. The summed E-state index contributed by atoms with van der Waals surface area (Å²) in [6, 6.07) is 8.18. The molecule has 126 valence electrons. The van der Waals surface area contributed by atoms with Crippen LogP contribution in [0.15, 0.2) is 24.3 Å². The van der Waals surface area contributed by atoms with Crippen molar-refractivity contribution in [1.82, 2.24) is 10.2 Å². The lowest BCUT2D eigenvalue weighted by Crippen LogP contribution is -2.37. The van der Waals surface area contributed by atoms with E-state index in [4.69, 9.17) is 4.74 Å². The third-order valence-electron chi connectivity index (χ3n) is 5.18. The molecule has 1 aromatic rings. The third-order valence-corrected chi connectivity index (χ3v) is 5.18.